The summed E-state index contributed by atoms with van der Waals surface area (Å²) < 4.78 is 17.9. The number of nitro benzene ring substituents is 1. The molecule has 0 bridgehead atoms. The van der Waals surface area contributed by atoms with Gasteiger partial charge in [0.25, 0.3) is 0 Å². The number of rotatable bonds is 5. The standard InChI is InChI=1S/C17H26BNO5/c1-11(2)10-22-15-13(8-12(3)9-14(15)19(20)21)18-23-16(4,5)17(6,7)24-18/h8-9,11H,10H2,1-7H3. The van der Waals surface area contributed by atoms with E-state index in [2.05, 4.69) is 0 Å². The highest BCUT2D eigenvalue weighted by molar-refractivity contribution is 6.63. The number of nitro groups is 1. The van der Waals surface area contributed by atoms with E-state index in [9.17, 15) is 10.1 Å². The predicted octanol–water partition coefficient (Wildman–Crippen LogP) is 3.24. The van der Waals surface area contributed by atoms with Gasteiger partial charge in [0.2, 0.25) is 0 Å². The molecule has 0 N–H and O–H groups in total. The van der Waals surface area contributed by atoms with Crippen molar-refractivity contribution in [1.82, 2.24) is 0 Å². The number of hydrogen-bond acceptors (Lipinski definition) is 5. The number of ether oxygens (including phenoxy) is 1. The third kappa shape index (κ3) is 3.57. The minimum absolute atomic E-state index is 0.0552. The van der Waals surface area contributed by atoms with E-state index in [4.69, 9.17) is 14.0 Å². The Hall–Kier alpha value is -1.60. The van der Waals surface area contributed by atoms with Crippen LogP contribution in [0.2, 0.25) is 0 Å². The summed E-state index contributed by atoms with van der Waals surface area (Å²) in [6.07, 6.45) is 0. The molecule has 0 atom stereocenters. The lowest BCUT2D eigenvalue weighted by Crippen LogP contribution is -2.41. The summed E-state index contributed by atoms with van der Waals surface area (Å²) in [4.78, 5) is 11.1. The molecular weight excluding hydrogens is 309 g/mol. The van der Waals surface area contributed by atoms with Gasteiger partial charge in [0.1, 0.15) is 0 Å². The molecule has 1 aliphatic rings. The van der Waals surface area contributed by atoms with E-state index in [1.807, 2.05) is 54.5 Å². The molecule has 24 heavy (non-hydrogen) atoms. The summed E-state index contributed by atoms with van der Waals surface area (Å²) in [5.41, 5.74) is 0.237. The summed E-state index contributed by atoms with van der Waals surface area (Å²) in [7, 11) is -0.698. The summed E-state index contributed by atoms with van der Waals surface area (Å²) >= 11 is 0. The Morgan fingerprint density at radius 2 is 1.75 bits per heavy atom. The second-order valence-corrected chi connectivity index (χ2v) is 7.75. The SMILES string of the molecule is Cc1cc(B2OC(C)(C)C(C)(C)O2)c(OCC(C)C)c([N+](=O)[O-])c1. The van der Waals surface area contributed by atoms with Crippen molar-refractivity contribution in [2.24, 2.45) is 5.92 Å². The second-order valence-electron chi connectivity index (χ2n) is 7.75. The molecule has 0 amide bonds. The van der Waals surface area contributed by atoms with E-state index in [0.29, 0.717) is 12.1 Å². The monoisotopic (exact) mass is 335 g/mol. The highest BCUT2D eigenvalue weighted by Crippen LogP contribution is 2.38. The number of nitrogens with zero attached hydrogens (tertiary/aromatic N) is 1. The molecule has 0 saturated carbocycles. The van der Waals surface area contributed by atoms with E-state index in [1.165, 1.54) is 6.07 Å². The Balaban J connectivity index is 2.50. The molecule has 1 aromatic carbocycles. The fraction of sp³-hybridized carbons (Fsp3) is 0.647. The van der Waals surface area contributed by atoms with Crippen molar-refractivity contribution in [2.45, 2.75) is 59.7 Å². The van der Waals surface area contributed by atoms with Crippen LogP contribution >= 0.6 is 0 Å². The van der Waals surface area contributed by atoms with E-state index in [-0.39, 0.29) is 17.4 Å². The normalized spacial score (nSPS) is 18.9. The molecular formula is C17H26BNO5. The van der Waals surface area contributed by atoms with Gasteiger partial charge < -0.3 is 14.0 Å². The van der Waals surface area contributed by atoms with Crippen molar-refractivity contribution in [3.8, 4) is 5.75 Å². The lowest BCUT2D eigenvalue weighted by Gasteiger charge is -2.32. The van der Waals surface area contributed by atoms with Crippen molar-refractivity contribution in [2.75, 3.05) is 6.61 Å². The van der Waals surface area contributed by atoms with Crippen molar-refractivity contribution in [3.05, 3.63) is 27.8 Å². The minimum Gasteiger partial charge on any atom is -0.487 e. The molecule has 0 aromatic heterocycles. The number of benzene rings is 1. The van der Waals surface area contributed by atoms with Crippen LogP contribution in [0.4, 0.5) is 5.69 Å². The summed E-state index contributed by atoms with van der Waals surface area (Å²) in [5, 5.41) is 11.5. The summed E-state index contributed by atoms with van der Waals surface area (Å²) in [6.45, 7) is 14.0. The van der Waals surface area contributed by atoms with Gasteiger partial charge in [-0.25, -0.2) is 0 Å². The van der Waals surface area contributed by atoms with Gasteiger partial charge in [0, 0.05) is 11.5 Å². The first-order valence-electron chi connectivity index (χ1n) is 8.22. The van der Waals surface area contributed by atoms with Gasteiger partial charge in [-0.15, -0.1) is 0 Å². The number of aryl methyl sites for hydroxylation is 1. The van der Waals surface area contributed by atoms with Gasteiger partial charge in [0.15, 0.2) is 5.75 Å². The van der Waals surface area contributed by atoms with Gasteiger partial charge >= 0.3 is 12.8 Å². The average molecular weight is 335 g/mol. The van der Waals surface area contributed by atoms with Crippen molar-refractivity contribution in [1.29, 1.82) is 0 Å². The average Bonchev–Trinajstić information content (AvgIpc) is 2.64. The molecule has 0 aliphatic carbocycles. The maximum Gasteiger partial charge on any atom is 0.498 e. The molecule has 1 saturated heterocycles. The third-order valence-electron chi connectivity index (χ3n) is 4.51. The lowest BCUT2D eigenvalue weighted by molar-refractivity contribution is -0.385. The summed E-state index contributed by atoms with van der Waals surface area (Å²) in [5.74, 6) is 0.481. The summed E-state index contributed by atoms with van der Waals surface area (Å²) in [6, 6.07) is 3.36. The van der Waals surface area contributed by atoms with Crippen LogP contribution in [-0.2, 0) is 9.31 Å². The Morgan fingerprint density at radius 1 is 1.21 bits per heavy atom. The zero-order valence-corrected chi connectivity index (χ0v) is 15.5. The maximum absolute atomic E-state index is 11.5. The first-order valence-corrected chi connectivity index (χ1v) is 8.22. The molecule has 1 fully saturated rings. The van der Waals surface area contributed by atoms with Crippen LogP contribution in [-0.4, -0.2) is 29.9 Å². The zero-order chi connectivity index (χ0) is 18.3. The van der Waals surface area contributed by atoms with Crippen molar-refractivity contribution in [3.63, 3.8) is 0 Å². The Labute approximate surface area is 143 Å². The van der Waals surface area contributed by atoms with Crippen LogP contribution in [0, 0.1) is 23.0 Å². The van der Waals surface area contributed by atoms with Crippen LogP contribution in [0.15, 0.2) is 12.1 Å². The van der Waals surface area contributed by atoms with Crippen LogP contribution in [0.1, 0.15) is 47.1 Å². The molecule has 1 aromatic rings. The largest absolute Gasteiger partial charge is 0.498 e. The highest BCUT2D eigenvalue weighted by Gasteiger charge is 2.53. The van der Waals surface area contributed by atoms with Gasteiger partial charge in [-0.05, 0) is 46.1 Å². The predicted molar refractivity (Wildman–Crippen MR) is 93.9 cm³/mol. The van der Waals surface area contributed by atoms with Gasteiger partial charge in [-0.3, -0.25) is 10.1 Å². The molecule has 132 valence electrons. The Bertz CT molecular complexity index is 626. The second kappa shape index (κ2) is 6.37. The fourth-order valence-electron chi connectivity index (χ4n) is 2.47. The highest BCUT2D eigenvalue weighted by atomic mass is 16.7. The lowest BCUT2D eigenvalue weighted by atomic mass is 9.77. The first kappa shape index (κ1) is 18.7. The molecule has 0 spiro atoms. The van der Waals surface area contributed by atoms with Gasteiger partial charge in [-0.1, -0.05) is 19.9 Å². The molecule has 7 heteroatoms. The van der Waals surface area contributed by atoms with Crippen LogP contribution in [0.5, 0.6) is 5.75 Å². The van der Waals surface area contributed by atoms with Crippen molar-refractivity contribution >= 4 is 18.3 Å². The number of hydrogen-bond donors (Lipinski definition) is 0. The van der Waals surface area contributed by atoms with Gasteiger partial charge in [0.05, 0.1) is 22.7 Å². The molecule has 2 rings (SSSR count). The smallest absolute Gasteiger partial charge is 0.487 e. The molecule has 1 aliphatic heterocycles. The third-order valence-corrected chi connectivity index (χ3v) is 4.51. The molecule has 0 radical (unpaired) electrons. The van der Waals surface area contributed by atoms with E-state index in [0.717, 1.165) is 5.56 Å². The van der Waals surface area contributed by atoms with Crippen LogP contribution in [0.3, 0.4) is 0 Å². The van der Waals surface area contributed by atoms with Crippen LogP contribution in [0.25, 0.3) is 0 Å². The molecule has 6 nitrogen and oxygen atoms in total. The molecule has 0 unspecified atom stereocenters. The van der Waals surface area contributed by atoms with Crippen molar-refractivity contribution < 1.29 is 19.0 Å². The van der Waals surface area contributed by atoms with Crippen LogP contribution < -0.4 is 10.2 Å². The fourth-order valence-corrected chi connectivity index (χ4v) is 2.47. The van der Waals surface area contributed by atoms with E-state index < -0.39 is 23.2 Å². The first-order chi connectivity index (χ1) is 10.9. The molecule has 1 heterocycles. The van der Waals surface area contributed by atoms with Gasteiger partial charge in [-0.2, -0.15) is 0 Å². The maximum atomic E-state index is 11.5. The van der Waals surface area contributed by atoms with E-state index in [1.54, 1.807) is 0 Å². The van der Waals surface area contributed by atoms with E-state index >= 15 is 0 Å². The minimum atomic E-state index is -0.698. The zero-order valence-electron chi connectivity index (χ0n) is 15.5. The Morgan fingerprint density at radius 3 is 2.21 bits per heavy atom. The Kier molecular flexibility index (Phi) is 4.97. The topological polar surface area (TPSA) is 70.8 Å². The quantitative estimate of drug-likeness (QED) is 0.469.